The fraction of sp³-hybridized carbons (Fsp3) is 0.420. The number of aryl methyl sites for hydroxylation is 1. The Hall–Kier alpha value is -5.63. The minimum atomic E-state index is -2.47. The van der Waals surface area contributed by atoms with E-state index in [-0.39, 0.29) is 47.8 Å². The van der Waals surface area contributed by atoms with Crippen LogP contribution in [0.15, 0.2) is 103 Å². The van der Waals surface area contributed by atoms with Crippen molar-refractivity contribution in [2.45, 2.75) is 101 Å². The Bertz CT molecular complexity index is 2480. The molecule has 1 N–H and O–H groups in total. The first-order valence-electron chi connectivity index (χ1n) is 22.6. The predicted molar refractivity (Wildman–Crippen MR) is 246 cm³/mol. The van der Waals surface area contributed by atoms with Gasteiger partial charge in [-0.2, -0.15) is 0 Å². The lowest BCUT2D eigenvalue weighted by atomic mass is 9.82. The van der Waals surface area contributed by atoms with E-state index >= 15 is 4.79 Å². The van der Waals surface area contributed by atoms with E-state index < -0.39 is 13.7 Å². The second-order valence-corrected chi connectivity index (χ2v) is 23.0. The van der Waals surface area contributed by atoms with Crippen molar-refractivity contribution in [3.05, 3.63) is 126 Å². The Morgan fingerprint density at radius 1 is 0.857 bits per heavy atom. The van der Waals surface area contributed by atoms with Gasteiger partial charge in [-0.15, -0.1) is 5.10 Å². The summed E-state index contributed by atoms with van der Waals surface area (Å²) in [5.74, 6) is 0.328. The fourth-order valence-electron chi connectivity index (χ4n) is 11.0. The highest BCUT2D eigenvalue weighted by molar-refractivity contribution is 6.91. The number of carbonyl (C=O) groups is 3. The number of carbonyl (C=O) groups excluding carboxylic acids is 3. The quantitative estimate of drug-likeness (QED) is 0.122. The topological polar surface area (TPSA) is 130 Å². The fourth-order valence-corrected chi connectivity index (χ4v) is 15.0. The molecule has 4 aliphatic rings. The van der Waals surface area contributed by atoms with Crippen molar-refractivity contribution in [2.75, 3.05) is 41.5 Å². The molecular weight excluding hydrogens is 809 g/mol. The molecule has 63 heavy (non-hydrogen) atoms. The maximum Gasteiger partial charge on any atom is 0.264 e. The molecule has 0 radical (unpaired) electrons. The molecule has 4 aromatic carbocycles. The Morgan fingerprint density at radius 2 is 1.56 bits per heavy atom. The van der Waals surface area contributed by atoms with E-state index in [0.717, 1.165) is 65.2 Å². The van der Waals surface area contributed by atoms with E-state index in [4.69, 9.17) is 9.47 Å². The number of benzene rings is 4. The third-order valence-corrected chi connectivity index (χ3v) is 18.6. The Morgan fingerprint density at radius 3 is 2.22 bits per heavy atom. The molecule has 5 atom stereocenters. The molecule has 328 valence electrons. The smallest absolute Gasteiger partial charge is 0.264 e. The summed E-state index contributed by atoms with van der Waals surface area (Å²) in [6, 6.07) is 32.2. The van der Waals surface area contributed by atoms with Crippen LogP contribution < -0.4 is 24.6 Å². The second-order valence-electron chi connectivity index (χ2n) is 18.3. The summed E-state index contributed by atoms with van der Waals surface area (Å²) in [6.45, 7) is 8.94. The maximum absolute atomic E-state index is 15.8. The average molecular weight is 867 g/mol. The second kappa shape index (κ2) is 17.5. The SMILES string of the molecule is COc1ccc([Si](C)(C)[C@H]2[C@H](CCn3cc(C(CO)c4ccccc4)nn3)O[C@@]3(C(=O)N(Cc4cccc(N5CCCCC5=O)c4)c4ccc(N5CCCCC5=O)cc43)[C@@H]2C)cc1. The summed E-state index contributed by atoms with van der Waals surface area (Å²) in [7, 11) is -0.798. The predicted octanol–water partition coefficient (Wildman–Crippen LogP) is 7.30. The highest BCUT2D eigenvalue weighted by Gasteiger charge is 2.66. The summed E-state index contributed by atoms with van der Waals surface area (Å²) >= 11 is 0. The van der Waals surface area contributed by atoms with Gasteiger partial charge in [-0.05, 0) is 91.2 Å². The van der Waals surface area contributed by atoms with Gasteiger partial charge in [-0.1, -0.05) is 85.0 Å². The molecule has 0 saturated carbocycles. The Kier molecular flexibility index (Phi) is 11.8. The Balaban J connectivity index is 1.11. The lowest BCUT2D eigenvalue weighted by Crippen LogP contribution is -2.51. The van der Waals surface area contributed by atoms with Crippen LogP contribution in [0.1, 0.15) is 80.2 Å². The molecule has 4 aliphatic heterocycles. The zero-order valence-electron chi connectivity index (χ0n) is 36.8. The van der Waals surface area contributed by atoms with Crippen LogP contribution in [-0.2, 0) is 37.8 Å². The minimum absolute atomic E-state index is 0.0196. The van der Waals surface area contributed by atoms with Crippen molar-refractivity contribution in [3.63, 3.8) is 0 Å². The molecule has 3 saturated heterocycles. The molecule has 1 unspecified atom stereocenters. The summed E-state index contributed by atoms with van der Waals surface area (Å²) in [5.41, 5.74) is 4.43. The van der Waals surface area contributed by atoms with Crippen LogP contribution >= 0.6 is 0 Å². The summed E-state index contributed by atoms with van der Waals surface area (Å²) in [6.07, 6.45) is 6.82. The first kappa shape index (κ1) is 42.7. The van der Waals surface area contributed by atoms with Crippen molar-refractivity contribution in [3.8, 4) is 5.75 Å². The summed E-state index contributed by atoms with van der Waals surface area (Å²) in [5, 5.41) is 20.7. The van der Waals surface area contributed by atoms with Crippen molar-refractivity contribution >= 4 is 48.0 Å². The Labute approximate surface area is 370 Å². The summed E-state index contributed by atoms with van der Waals surface area (Å²) in [4.78, 5) is 47.7. The third-order valence-electron chi connectivity index (χ3n) is 14.3. The number of piperidine rings is 2. The van der Waals surface area contributed by atoms with Gasteiger partial charge in [0.15, 0.2) is 5.60 Å². The van der Waals surface area contributed by atoms with Gasteiger partial charge in [0, 0.05) is 61.5 Å². The van der Waals surface area contributed by atoms with E-state index in [9.17, 15) is 14.7 Å². The molecule has 12 nitrogen and oxygen atoms in total. The van der Waals surface area contributed by atoms with Gasteiger partial charge >= 0.3 is 0 Å². The molecule has 3 amide bonds. The lowest BCUT2D eigenvalue weighted by Gasteiger charge is -2.37. The number of methoxy groups -OCH3 is 1. The van der Waals surface area contributed by atoms with Crippen LogP contribution in [0.2, 0.25) is 18.6 Å². The van der Waals surface area contributed by atoms with Gasteiger partial charge in [-0.3, -0.25) is 19.1 Å². The number of amides is 3. The molecule has 0 bridgehead atoms. The highest BCUT2D eigenvalue weighted by atomic mass is 28.3. The van der Waals surface area contributed by atoms with Crippen LogP contribution in [0.4, 0.5) is 17.1 Å². The molecule has 13 heteroatoms. The molecule has 3 fully saturated rings. The largest absolute Gasteiger partial charge is 0.497 e. The average Bonchev–Trinajstić information content (AvgIpc) is 3.96. The van der Waals surface area contributed by atoms with Crippen LogP contribution in [0, 0.1) is 5.92 Å². The number of aliphatic hydroxyl groups excluding tert-OH is 1. The molecule has 1 aromatic heterocycles. The zero-order valence-corrected chi connectivity index (χ0v) is 37.8. The number of ether oxygens (including phenoxy) is 2. The third kappa shape index (κ3) is 7.78. The minimum Gasteiger partial charge on any atom is -0.497 e. The van der Waals surface area contributed by atoms with E-state index in [2.05, 4.69) is 48.5 Å². The van der Waals surface area contributed by atoms with Crippen LogP contribution in [-0.4, -0.2) is 78.8 Å². The van der Waals surface area contributed by atoms with Crippen molar-refractivity contribution in [2.24, 2.45) is 5.92 Å². The normalized spacial score (nSPS) is 23.2. The zero-order chi connectivity index (χ0) is 43.9. The first-order chi connectivity index (χ1) is 30.5. The van der Waals surface area contributed by atoms with Crippen LogP contribution in [0.25, 0.3) is 0 Å². The highest BCUT2D eigenvalue weighted by Crippen LogP contribution is 2.60. The standard InChI is InChI=1S/C50H58N6O6Si/c1-34-48(63(3,4)40-22-20-39(61-2)21-23-40)45(25-28-53-32-43(51-52-53)41(33-57)36-14-6-5-7-15-36)62-50(34)42-30-38(55-27-11-9-18-47(55)59)19-24-44(42)56(49(50)60)31-35-13-12-16-37(29-35)54-26-10-8-17-46(54)58/h5-7,12-16,19-24,29-30,32,34,41,45,48,57H,8-11,17-18,25-28,31,33H2,1-4H3/t34-,41?,45+,48-,50+/m1/s1. The number of fused-ring (bicyclic) bond motifs is 2. The van der Waals surface area contributed by atoms with Gasteiger partial charge in [0.2, 0.25) is 11.8 Å². The number of nitrogens with zero attached hydrogens (tertiary/aromatic N) is 6. The van der Waals surface area contributed by atoms with E-state index in [1.54, 1.807) is 7.11 Å². The van der Waals surface area contributed by atoms with E-state index in [1.165, 1.54) is 5.19 Å². The number of aromatic nitrogens is 3. The van der Waals surface area contributed by atoms with Gasteiger partial charge in [-0.25, -0.2) is 0 Å². The van der Waals surface area contributed by atoms with Gasteiger partial charge in [0.05, 0.1) is 51.7 Å². The van der Waals surface area contributed by atoms with Gasteiger partial charge < -0.3 is 29.3 Å². The van der Waals surface area contributed by atoms with Gasteiger partial charge in [0.25, 0.3) is 5.91 Å². The lowest BCUT2D eigenvalue weighted by molar-refractivity contribution is -0.146. The van der Waals surface area contributed by atoms with E-state index in [1.807, 2.05) is 104 Å². The summed E-state index contributed by atoms with van der Waals surface area (Å²) < 4.78 is 14.9. The van der Waals surface area contributed by atoms with Crippen LogP contribution in [0.3, 0.4) is 0 Å². The molecule has 1 spiro atoms. The van der Waals surface area contributed by atoms with Gasteiger partial charge in [0.1, 0.15) is 5.75 Å². The number of aliphatic hydroxyl groups is 1. The molecule has 9 rings (SSSR count). The molecule has 0 aliphatic carbocycles. The molecule has 5 heterocycles. The van der Waals surface area contributed by atoms with Crippen molar-refractivity contribution < 1.29 is 29.0 Å². The first-order valence-corrected chi connectivity index (χ1v) is 25.7. The van der Waals surface area contributed by atoms with Crippen molar-refractivity contribution in [1.82, 2.24) is 15.0 Å². The van der Waals surface area contributed by atoms with Crippen molar-refractivity contribution in [1.29, 1.82) is 0 Å². The molecule has 5 aromatic rings. The monoisotopic (exact) mass is 866 g/mol. The van der Waals surface area contributed by atoms with E-state index in [0.29, 0.717) is 51.1 Å². The molecular formula is C50H58N6O6Si. The number of rotatable bonds is 13. The number of hydrogen-bond donors (Lipinski definition) is 1. The maximum atomic E-state index is 15.8. The van der Waals surface area contributed by atoms with Crippen LogP contribution in [0.5, 0.6) is 5.75 Å². The number of hydrogen-bond acceptors (Lipinski definition) is 8. The number of anilines is 3.